The first-order valence-corrected chi connectivity index (χ1v) is 5.41. The fourth-order valence-electron chi connectivity index (χ4n) is 1.27. The van der Waals surface area contributed by atoms with Crippen LogP contribution in [0, 0.1) is 0 Å². The predicted octanol–water partition coefficient (Wildman–Crippen LogP) is 2.12. The monoisotopic (exact) mass is 294 g/mol. The number of anilines is 1. The van der Waals surface area contributed by atoms with Crippen molar-refractivity contribution >= 4 is 27.6 Å². The second-order valence-corrected chi connectivity index (χ2v) is 3.62. The van der Waals surface area contributed by atoms with E-state index in [1.54, 1.807) is 0 Å². The van der Waals surface area contributed by atoms with Crippen LogP contribution in [-0.4, -0.2) is 16.1 Å². The van der Waals surface area contributed by atoms with Crippen LogP contribution in [0.1, 0.15) is 23.2 Å². The Morgan fingerprint density at radius 1 is 1.62 bits per heavy atom. The van der Waals surface area contributed by atoms with Crippen LogP contribution in [0.25, 0.3) is 0 Å². The standard InChI is InChI=1S/C9H9BrF2N2O2/c10-2-6-8(13)4(1-7(15)16)5(3-14-6)9(11)12/h3,9H,1-2,13H2,(H,15,16). The molecule has 0 aliphatic carbocycles. The summed E-state index contributed by atoms with van der Waals surface area (Å²) in [6.45, 7) is 0. The molecule has 4 nitrogen and oxygen atoms in total. The molecule has 7 heteroatoms. The number of hydrogen-bond donors (Lipinski definition) is 2. The Morgan fingerprint density at radius 2 is 2.25 bits per heavy atom. The van der Waals surface area contributed by atoms with E-state index in [1.165, 1.54) is 0 Å². The van der Waals surface area contributed by atoms with Gasteiger partial charge in [-0.05, 0) is 5.56 Å². The van der Waals surface area contributed by atoms with E-state index in [4.69, 9.17) is 10.8 Å². The minimum atomic E-state index is -2.78. The number of aliphatic carboxylic acids is 1. The highest BCUT2D eigenvalue weighted by atomic mass is 79.9. The summed E-state index contributed by atoms with van der Waals surface area (Å²) in [5, 5.41) is 8.92. The molecule has 0 bridgehead atoms. The lowest BCUT2D eigenvalue weighted by atomic mass is 10.0. The van der Waals surface area contributed by atoms with Crippen LogP contribution in [-0.2, 0) is 16.5 Å². The van der Waals surface area contributed by atoms with E-state index >= 15 is 0 Å². The fourth-order valence-corrected chi connectivity index (χ4v) is 1.71. The summed E-state index contributed by atoms with van der Waals surface area (Å²) in [7, 11) is 0. The van der Waals surface area contributed by atoms with E-state index in [2.05, 4.69) is 20.9 Å². The molecule has 1 aromatic heterocycles. The highest BCUT2D eigenvalue weighted by molar-refractivity contribution is 9.08. The van der Waals surface area contributed by atoms with Gasteiger partial charge in [0.05, 0.1) is 17.8 Å². The number of alkyl halides is 3. The second-order valence-electron chi connectivity index (χ2n) is 3.06. The van der Waals surface area contributed by atoms with E-state index in [0.717, 1.165) is 6.20 Å². The third-order valence-electron chi connectivity index (χ3n) is 2.03. The van der Waals surface area contributed by atoms with Crippen molar-refractivity contribution in [2.75, 3.05) is 5.73 Å². The van der Waals surface area contributed by atoms with Crippen LogP contribution in [0.5, 0.6) is 0 Å². The second kappa shape index (κ2) is 5.20. The predicted molar refractivity (Wildman–Crippen MR) is 57.6 cm³/mol. The van der Waals surface area contributed by atoms with E-state index in [-0.39, 0.29) is 16.6 Å². The van der Waals surface area contributed by atoms with Gasteiger partial charge in [0, 0.05) is 17.1 Å². The molecule has 0 unspecified atom stereocenters. The lowest BCUT2D eigenvalue weighted by Gasteiger charge is -2.12. The lowest BCUT2D eigenvalue weighted by Crippen LogP contribution is -2.10. The molecule has 0 saturated heterocycles. The number of nitrogens with two attached hydrogens (primary N) is 1. The largest absolute Gasteiger partial charge is 0.481 e. The van der Waals surface area contributed by atoms with Crippen LogP contribution in [0.4, 0.5) is 14.5 Å². The number of nitrogen functional groups attached to an aromatic ring is 1. The zero-order valence-corrected chi connectivity index (χ0v) is 9.67. The van der Waals surface area contributed by atoms with Gasteiger partial charge in [-0.2, -0.15) is 0 Å². The molecule has 1 heterocycles. The number of carboxylic acid groups (broad SMARTS) is 1. The molecule has 0 amide bonds. The molecule has 0 aromatic carbocycles. The molecule has 0 atom stereocenters. The third-order valence-corrected chi connectivity index (χ3v) is 2.56. The van der Waals surface area contributed by atoms with Crippen molar-refractivity contribution in [2.24, 2.45) is 0 Å². The van der Waals surface area contributed by atoms with Gasteiger partial charge in [0.25, 0.3) is 6.43 Å². The Hall–Kier alpha value is -1.24. The van der Waals surface area contributed by atoms with Gasteiger partial charge in [0.2, 0.25) is 0 Å². The van der Waals surface area contributed by atoms with Crippen LogP contribution in [0.15, 0.2) is 6.20 Å². The minimum Gasteiger partial charge on any atom is -0.481 e. The first kappa shape index (κ1) is 12.8. The van der Waals surface area contributed by atoms with Gasteiger partial charge in [-0.15, -0.1) is 0 Å². The molecule has 0 radical (unpaired) electrons. The number of halogens is 3. The maximum Gasteiger partial charge on any atom is 0.307 e. The topological polar surface area (TPSA) is 76.2 Å². The molecule has 0 saturated carbocycles. The Balaban J connectivity index is 3.30. The van der Waals surface area contributed by atoms with Crippen molar-refractivity contribution in [3.63, 3.8) is 0 Å². The number of aromatic nitrogens is 1. The zero-order chi connectivity index (χ0) is 12.3. The normalized spacial score (nSPS) is 10.8. The lowest BCUT2D eigenvalue weighted by molar-refractivity contribution is -0.136. The highest BCUT2D eigenvalue weighted by Gasteiger charge is 2.20. The van der Waals surface area contributed by atoms with E-state index in [9.17, 15) is 13.6 Å². The SMILES string of the molecule is Nc1c(CBr)ncc(C(F)F)c1CC(=O)O. The van der Waals surface area contributed by atoms with Crippen LogP contribution in [0.3, 0.4) is 0 Å². The van der Waals surface area contributed by atoms with E-state index in [0.29, 0.717) is 5.69 Å². The van der Waals surface area contributed by atoms with Gasteiger partial charge in [0.15, 0.2) is 0 Å². The molecule has 1 rings (SSSR count). The zero-order valence-electron chi connectivity index (χ0n) is 8.08. The number of pyridine rings is 1. The van der Waals surface area contributed by atoms with Gasteiger partial charge >= 0.3 is 5.97 Å². The number of nitrogens with zero attached hydrogens (tertiary/aromatic N) is 1. The average molecular weight is 295 g/mol. The Bertz CT molecular complexity index is 413. The Morgan fingerprint density at radius 3 is 2.69 bits per heavy atom. The maximum atomic E-state index is 12.6. The van der Waals surface area contributed by atoms with Crippen molar-refractivity contribution in [1.29, 1.82) is 0 Å². The number of hydrogen-bond acceptors (Lipinski definition) is 3. The van der Waals surface area contributed by atoms with Crippen molar-refractivity contribution in [2.45, 2.75) is 18.2 Å². The van der Waals surface area contributed by atoms with Crippen LogP contribution < -0.4 is 5.73 Å². The molecule has 88 valence electrons. The van der Waals surface area contributed by atoms with Crippen LogP contribution >= 0.6 is 15.9 Å². The van der Waals surface area contributed by atoms with Crippen molar-refractivity contribution in [3.05, 3.63) is 23.0 Å². The first-order valence-electron chi connectivity index (χ1n) is 4.29. The number of carboxylic acids is 1. The smallest absolute Gasteiger partial charge is 0.307 e. The molecule has 0 spiro atoms. The van der Waals surface area contributed by atoms with Crippen molar-refractivity contribution in [1.82, 2.24) is 4.98 Å². The van der Waals surface area contributed by atoms with E-state index in [1.807, 2.05) is 0 Å². The molecule has 0 aliphatic heterocycles. The van der Waals surface area contributed by atoms with Gasteiger partial charge in [-0.1, -0.05) is 15.9 Å². The Labute approximate surface area is 98.6 Å². The summed E-state index contributed by atoms with van der Waals surface area (Å²) >= 11 is 3.09. The highest BCUT2D eigenvalue weighted by Crippen LogP contribution is 2.29. The van der Waals surface area contributed by atoms with Gasteiger partial charge in [0.1, 0.15) is 0 Å². The van der Waals surface area contributed by atoms with Gasteiger partial charge in [-0.25, -0.2) is 8.78 Å². The molecule has 3 N–H and O–H groups in total. The molecule has 0 fully saturated rings. The molecular weight excluding hydrogens is 286 g/mol. The third kappa shape index (κ3) is 2.66. The summed E-state index contributed by atoms with van der Waals surface area (Å²) < 4.78 is 25.2. The fraction of sp³-hybridized carbons (Fsp3) is 0.333. The van der Waals surface area contributed by atoms with Gasteiger partial charge in [-0.3, -0.25) is 9.78 Å². The summed E-state index contributed by atoms with van der Waals surface area (Å²) in [5.74, 6) is -1.21. The minimum absolute atomic E-state index is 0.0112. The summed E-state index contributed by atoms with van der Waals surface area (Å²) in [6, 6.07) is 0. The van der Waals surface area contributed by atoms with Crippen LogP contribution in [0.2, 0.25) is 0 Å². The molecule has 0 aliphatic rings. The first-order chi connectivity index (χ1) is 7.47. The molecule has 16 heavy (non-hydrogen) atoms. The quantitative estimate of drug-likeness (QED) is 0.834. The maximum absolute atomic E-state index is 12.6. The van der Waals surface area contributed by atoms with Crippen molar-refractivity contribution in [3.8, 4) is 0 Å². The molecule has 1 aromatic rings. The van der Waals surface area contributed by atoms with Crippen molar-refractivity contribution < 1.29 is 18.7 Å². The molecular formula is C9H9BrF2N2O2. The van der Waals surface area contributed by atoms with E-state index < -0.39 is 24.4 Å². The summed E-state index contributed by atoms with van der Waals surface area (Å²) in [6.07, 6.45) is -2.35. The Kier molecular flexibility index (Phi) is 4.17. The number of rotatable bonds is 4. The average Bonchev–Trinajstić information content (AvgIpc) is 2.19. The summed E-state index contributed by atoms with van der Waals surface area (Å²) in [4.78, 5) is 14.3. The summed E-state index contributed by atoms with van der Waals surface area (Å²) in [5.41, 5.74) is 5.48. The number of carbonyl (C=O) groups is 1. The van der Waals surface area contributed by atoms with Gasteiger partial charge < -0.3 is 10.8 Å².